The number of aromatic amines is 1. The summed E-state index contributed by atoms with van der Waals surface area (Å²) in [6.45, 7) is 7.14. The molecule has 0 atom stereocenters. The predicted molar refractivity (Wildman–Crippen MR) is 70.1 cm³/mol. The van der Waals surface area contributed by atoms with E-state index in [0.717, 1.165) is 0 Å². The number of H-pyrrole nitrogens is 1. The first-order chi connectivity index (χ1) is 8.29. The summed E-state index contributed by atoms with van der Waals surface area (Å²) in [5.41, 5.74) is -0.165. The smallest absolute Gasteiger partial charge is 0.349 e. The van der Waals surface area contributed by atoms with Gasteiger partial charge in [0.2, 0.25) is 0 Å². The Morgan fingerprint density at radius 3 is 2.67 bits per heavy atom. The average molecular weight is 266 g/mol. The molecule has 0 saturated heterocycles. The maximum absolute atomic E-state index is 12.0. The molecule has 0 amide bonds. The van der Waals surface area contributed by atoms with Crippen molar-refractivity contribution in [2.45, 2.75) is 33.3 Å². The fourth-order valence-electron chi connectivity index (χ4n) is 1.60. The van der Waals surface area contributed by atoms with Crippen molar-refractivity contribution < 1.29 is 9.53 Å². The molecule has 2 aromatic heterocycles. The third kappa shape index (κ3) is 2.28. The van der Waals surface area contributed by atoms with Gasteiger partial charge in [0.25, 0.3) is 5.56 Å². The van der Waals surface area contributed by atoms with Gasteiger partial charge in [-0.05, 0) is 33.3 Å². The van der Waals surface area contributed by atoms with Crippen molar-refractivity contribution >= 4 is 27.5 Å². The van der Waals surface area contributed by atoms with E-state index in [4.69, 9.17) is 4.74 Å². The molecular weight excluding hydrogens is 252 g/mol. The predicted octanol–water partition coefficient (Wildman–Crippen LogP) is 2.25. The number of hydrogen-bond donors (Lipinski definition) is 1. The second-order valence-corrected chi connectivity index (χ2v) is 5.97. The highest BCUT2D eigenvalue weighted by atomic mass is 32.1. The standard InChI is InChI=1S/C12H14N2O3S/c1-6-7-9(15)13-5-14-10(7)18-8(6)11(16)17-12(2,3)4/h5H,1-4H3,(H,13,14,15). The maximum Gasteiger partial charge on any atom is 0.349 e. The van der Waals surface area contributed by atoms with E-state index in [2.05, 4.69) is 9.97 Å². The van der Waals surface area contributed by atoms with Gasteiger partial charge in [-0.25, -0.2) is 9.78 Å². The Balaban J connectivity index is 2.53. The lowest BCUT2D eigenvalue weighted by atomic mass is 10.2. The first-order valence-corrected chi connectivity index (χ1v) is 6.31. The highest BCUT2D eigenvalue weighted by molar-refractivity contribution is 7.20. The average Bonchev–Trinajstić information content (AvgIpc) is 2.55. The normalized spacial score (nSPS) is 11.8. The molecular formula is C12H14N2O3S. The van der Waals surface area contributed by atoms with Crippen molar-refractivity contribution in [3.63, 3.8) is 0 Å². The van der Waals surface area contributed by atoms with Gasteiger partial charge in [-0.15, -0.1) is 11.3 Å². The molecule has 0 bridgehead atoms. The molecule has 0 saturated carbocycles. The number of carbonyl (C=O) groups excluding carboxylic acids is 1. The number of nitrogens with zero attached hydrogens (tertiary/aromatic N) is 1. The van der Waals surface area contributed by atoms with Crippen molar-refractivity contribution in [1.82, 2.24) is 9.97 Å². The Labute approximate surface area is 108 Å². The van der Waals surface area contributed by atoms with Crippen LogP contribution in [0.5, 0.6) is 0 Å². The number of thiophene rings is 1. The minimum atomic E-state index is -0.556. The second kappa shape index (κ2) is 4.20. The van der Waals surface area contributed by atoms with Crippen LogP contribution in [0.1, 0.15) is 36.0 Å². The number of aryl methyl sites for hydroxylation is 1. The number of carbonyl (C=O) groups is 1. The quantitative estimate of drug-likeness (QED) is 0.803. The van der Waals surface area contributed by atoms with Crippen LogP contribution in [-0.4, -0.2) is 21.5 Å². The molecule has 18 heavy (non-hydrogen) atoms. The summed E-state index contributed by atoms with van der Waals surface area (Å²) in [5, 5.41) is 0.461. The minimum absolute atomic E-state index is 0.233. The van der Waals surface area contributed by atoms with Crippen LogP contribution in [0, 0.1) is 6.92 Å². The molecule has 96 valence electrons. The van der Waals surface area contributed by atoms with Gasteiger partial charge in [0, 0.05) is 0 Å². The zero-order valence-electron chi connectivity index (χ0n) is 10.7. The van der Waals surface area contributed by atoms with Gasteiger partial charge in [0.15, 0.2) is 0 Å². The second-order valence-electron chi connectivity index (χ2n) is 4.97. The Hall–Kier alpha value is -1.69. The van der Waals surface area contributed by atoms with Gasteiger partial charge in [0.1, 0.15) is 15.3 Å². The van der Waals surface area contributed by atoms with E-state index in [-0.39, 0.29) is 5.56 Å². The summed E-state index contributed by atoms with van der Waals surface area (Å²) >= 11 is 1.18. The zero-order chi connectivity index (χ0) is 13.5. The van der Waals surface area contributed by atoms with Crippen LogP contribution in [0.4, 0.5) is 0 Å². The molecule has 0 aromatic carbocycles. The molecule has 0 aliphatic heterocycles. The third-order valence-corrected chi connectivity index (χ3v) is 3.50. The maximum atomic E-state index is 12.0. The summed E-state index contributed by atoms with van der Waals surface area (Å²) in [6.07, 6.45) is 1.33. The summed E-state index contributed by atoms with van der Waals surface area (Å²) < 4.78 is 5.31. The summed E-state index contributed by atoms with van der Waals surface area (Å²) in [7, 11) is 0. The first-order valence-electron chi connectivity index (χ1n) is 5.50. The Morgan fingerprint density at radius 2 is 2.11 bits per heavy atom. The van der Waals surface area contributed by atoms with E-state index in [1.54, 1.807) is 27.7 Å². The Bertz CT molecular complexity index is 664. The van der Waals surface area contributed by atoms with Crippen LogP contribution < -0.4 is 5.56 Å². The molecule has 0 aliphatic carbocycles. The van der Waals surface area contributed by atoms with Gasteiger partial charge < -0.3 is 9.72 Å². The monoisotopic (exact) mass is 266 g/mol. The molecule has 0 spiro atoms. The molecule has 2 aromatic rings. The molecule has 2 heterocycles. The van der Waals surface area contributed by atoms with E-state index in [9.17, 15) is 9.59 Å². The molecule has 5 nitrogen and oxygen atoms in total. The number of esters is 1. The van der Waals surface area contributed by atoms with Crippen LogP contribution in [0.15, 0.2) is 11.1 Å². The number of fused-ring (bicyclic) bond motifs is 1. The number of nitrogens with one attached hydrogen (secondary N) is 1. The van der Waals surface area contributed by atoms with Gasteiger partial charge in [-0.1, -0.05) is 0 Å². The SMILES string of the molecule is Cc1c(C(=O)OC(C)(C)C)sc2nc[nH]c(=O)c12. The summed E-state index contributed by atoms with van der Waals surface area (Å²) in [6, 6.07) is 0. The fraction of sp³-hybridized carbons (Fsp3) is 0.417. The molecule has 2 rings (SSSR count). The van der Waals surface area contributed by atoms with E-state index in [0.29, 0.717) is 20.7 Å². The molecule has 0 radical (unpaired) electrons. The largest absolute Gasteiger partial charge is 0.456 e. The van der Waals surface area contributed by atoms with Crippen LogP contribution in [0.25, 0.3) is 10.2 Å². The number of aromatic nitrogens is 2. The van der Waals surface area contributed by atoms with Crippen LogP contribution in [0.2, 0.25) is 0 Å². The number of ether oxygens (including phenoxy) is 1. The molecule has 0 unspecified atom stereocenters. The van der Waals surface area contributed by atoms with E-state index < -0.39 is 11.6 Å². The molecule has 0 fully saturated rings. The Kier molecular flexibility index (Phi) is 2.98. The van der Waals surface area contributed by atoms with E-state index >= 15 is 0 Å². The summed E-state index contributed by atoms with van der Waals surface area (Å²) in [5.74, 6) is -0.414. The third-order valence-electron chi connectivity index (χ3n) is 2.32. The van der Waals surface area contributed by atoms with E-state index in [1.165, 1.54) is 17.7 Å². The van der Waals surface area contributed by atoms with Crippen molar-refractivity contribution in [2.75, 3.05) is 0 Å². The van der Waals surface area contributed by atoms with Crippen molar-refractivity contribution in [3.05, 3.63) is 27.1 Å². The highest BCUT2D eigenvalue weighted by Gasteiger charge is 2.23. The Morgan fingerprint density at radius 1 is 1.44 bits per heavy atom. The lowest BCUT2D eigenvalue weighted by molar-refractivity contribution is 0.00747. The van der Waals surface area contributed by atoms with Crippen LogP contribution in [0.3, 0.4) is 0 Å². The molecule has 1 N–H and O–H groups in total. The van der Waals surface area contributed by atoms with Gasteiger partial charge in [-0.2, -0.15) is 0 Å². The molecule has 0 aliphatic rings. The number of rotatable bonds is 1. The topological polar surface area (TPSA) is 72.0 Å². The summed E-state index contributed by atoms with van der Waals surface area (Å²) in [4.78, 5) is 31.2. The van der Waals surface area contributed by atoms with Crippen LogP contribution >= 0.6 is 11.3 Å². The highest BCUT2D eigenvalue weighted by Crippen LogP contribution is 2.28. The van der Waals surface area contributed by atoms with Crippen LogP contribution in [-0.2, 0) is 4.74 Å². The molecule has 6 heteroatoms. The van der Waals surface area contributed by atoms with Crippen molar-refractivity contribution in [1.29, 1.82) is 0 Å². The van der Waals surface area contributed by atoms with Gasteiger partial charge in [0.05, 0.1) is 11.7 Å². The zero-order valence-corrected chi connectivity index (χ0v) is 11.5. The number of hydrogen-bond acceptors (Lipinski definition) is 5. The fourth-order valence-corrected chi connectivity index (χ4v) is 2.62. The van der Waals surface area contributed by atoms with E-state index in [1.807, 2.05) is 0 Å². The van der Waals surface area contributed by atoms with Gasteiger partial charge >= 0.3 is 5.97 Å². The lowest BCUT2D eigenvalue weighted by Gasteiger charge is -2.19. The van der Waals surface area contributed by atoms with Gasteiger partial charge in [-0.3, -0.25) is 4.79 Å². The first kappa shape index (κ1) is 12.8. The minimum Gasteiger partial charge on any atom is -0.456 e. The van der Waals surface area contributed by atoms with Crippen molar-refractivity contribution in [2.24, 2.45) is 0 Å². The van der Waals surface area contributed by atoms with Crippen molar-refractivity contribution in [3.8, 4) is 0 Å². The lowest BCUT2D eigenvalue weighted by Crippen LogP contribution is -2.23.